The lowest BCUT2D eigenvalue weighted by atomic mass is 9.66. The fourth-order valence-electron chi connectivity index (χ4n) is 3.55. The van der Waals surface area contributed by atoms with E-state index in [0.29, 0.717) is 16.8 Å². The number of halogens is 1. The van der Waals surface area contributed by atoms with E-state index in [1.807, 2.05) is 0 Å². The first-order valence-corrected chi connectivity index (χ1v) is 7.90. The second-order valence-electron chi connectivity index (χ2n) is 6.43. The summed E-state index contributed by atoms with van der Waals surface area (Å²) in [6.45, 7) is 4.99. The Morgan fingerprint density at radius 2 is 2.28 bits per heavy atom. The van der Waals surface area contributed by atoms with Crippen LogP contribution in [0.5, 0.6) is 0 Å². The average Bonchev–Trinajstić information content (AvgIpc) is 2.90. The fraction of sp³-hybridized carbons (Fsp3) is 0.333. The van der Waals surface area contributed by atoms with E-state index < -0.39 is 34.8 Å². The summed E-state index contributed by atoms with van der Waals surface area (Å²) in [5.41, 5.74) is -0.643. The lowest BCUT2D eigenvalue weighted by Gasteiger charge is -2.40. The molecule has 6 nitrogen and oxygen atoms in total. The molecule has 132 valence electrons. The molecule has 0 amide bonds. The standard InChI is InChI=1S/C18H19FN2O4/c1-3-7-25-17(23)15-13(10-5-4-6-11(19)8-10)14-12(9-18(15,2)24)20-21-16(14)22/h3-6,8,13,15,24H,1,7,9H2,2H3,(H2,20,21,22)/t13-,15-,18-/m1/s1. The van der Waals surface area contributed by atoms with Crippen molar-refractivity contribution in [3.05, 3.63) is 69.9 Å². The summed E-state index contributed by atoms with van der Waals surface area (Å²) in [6.07, 6.45) is 1.49. The van der Waals surface area contributed by atoms with Crippen LogP contribution in [0.2, 0.25) is 0 Å². The van der Waals surface area contributed by atoms with Crippen molar-refractivity contribution >= 4 is 5.97 Å². The average molecular weight is 346 g/mol. The SMILES string of the molecule is C=CCOC(=O)[C@H]1[C@H](c2cccc(F)c2)c2c([nH][nH]c2=O)C[C@@]1(C)O. The molecule has 0 saturated carbocycles. The zero-order valence-corrected chi connectivity index (χ0v) is 13.7. The number of nitrogens with one attached hydrogen (secondary N) is 2. The van der Waals surface area contributed by atoms with Gasteiger partial charge in [-0.3, -0.25) is 14.7 Å². The Hall–Kier alpha value is -2.67. The zero-order chi connectivity index (χ0) is 18.2. The van der Waals surface area contributed by atoms with Crippen LogP contribution in [0.25, 0.3) is 0 Å². The van der Waals surface area contributed by atoms with Crippen molar-refractivity contribution in [2.24, 2.45) is 5.92 Å². The van der Waals surface area contributed by atoms with E-state index in [-0.39, 0.29) is 13.0 Å². The van der Waals surface area contributed by atoms with Gasteiger partial charge in [-0.15, -0.1) is 0 Å². The third-order valence-electron chi connectivity index (χ3n) is 4.55. The van der Waals surface area contributed by atoms with Crippen LogP contribution in [0.3, 0.4) is 0 Å². The molecule has 1 aromatic carbocycles. The molecule has 1 aliphatic rings. The first-order chi connectivity index (χ1) is 11.8. The molecule has 1 aliphatic carbocycles. The van der Waals surface area contributed by atoms with Crippen LogP contribution in [-0.4, -0.2) is 33.5 Å². The molecule has 0 spiro atoms. The molecule has 0 unspecified atom stereocenters. The van der Waals surface area contributed by atoms with Gasteiger partial charge in [-0.2, -0.15) is 0 Å². The van der Waals surface area contributed by atoms with Crippen molar-refractivity contribution in [1.82, 2.24) is 10.2 Å². The number of aromatic nitrogens is 2. The van der Waals surface area contributed by atoms with Crippen LogP contribution in [0.15, 0.2) is 41.7 Å². The number of carbonyl (C=O) groups is 1. The van der Waals surface area contributed by atoms with Crippen molar-refractivity contribution in [3.8, 4) is 0 Å². The van der Waals surface area contributed by atoms with Gasteiger partial charge in [0.05, 0.1) is 11.5 Å². The number of aromatic amines is 2. The predicted octanol–water partition coefficient (Wildman–Crippen LogP) is 1.63. The molecule has 3 atom stereocenters. The van der Waals surface area contributed by atoms with Crippen LogP contribution >= 0.6 is 0 Å². The predicted molar refractivity (Wildman–Crippen MR) is 88.6 cm³/mol. The maximum absolute atomic E-state index is 13.8. The van der Waals surface area contributed by atoms with Crippen LogP contribution in [0.4, 0.5) is 4.39 Å². The summed E-state index contributed by atoms with van der Waals surface area (Å²) in [6, 6.07) is 5.66. The van der Waals surface area contributed by atoms with Gasteiger partial charge in [-0.25, -0.2) is 4.39 Å². The van der Waals surface area contributed by atoms with E-state index in [1.165, 1.54) is 31.2 Å². The van der Waals surface area contributed by atoms with Gasteiger partial charge in [0.2, 0.25) is 0 Å². The highest BCUT2D eigenvalue weighted by atomic mass is 19.1. The van der Waals surface area contributed by atoms with Gasteiger partial charge in [0.15, 0.2) is 0 Å². The second kappa shape index (κ2) is 6.33. The Bertz CT molecular complexity index is 868. The van der Waals surface area contributed by atoms with Crippen molar-refractivity contribution < 1.29 is 19.0 Å². The molecule has 7 heteroatoms. The Morgan fingerprint density at radius 3 is 2.96 bits per heavy atom. The van der Waals surface area contributed by atoms with Crippen molar-refractivity contribution in [2.45, 2.75) is 24.9 Å². The van der Waals surface area contributed by atoms with Gasteiger partial charge >= 0.3 is 5.97 Å². The Morgan fingerprint density at radius 1 is 1.52 bits per heavy atom. The highest BCUT2D eigenvalue weighted by molar-refractivity contribution is 5.77. The van der Waals surface area contributed by atoms with E-state index in [4.69, 9.17) is 4.74 Å². The van der Waals surface area contributed by atoms with Crippen molar-refractivity contribution in [2.75, 3.05) is 6.61 Å². The maximum atomic E-state index is 13.8. The molecule has 0 bridgehead atoms. The number of rotatable bonds is 4. The third-order valence-corrected chi connectivity index (χ3v) is 4.55. The van der Waals surface area contributed by atoms with Crippen molar-refractivity contribution in [3.63, 3.8) is 0 Å². The minimum absolute atomic E-state index is 0.0162. The molecule has 1 aromatic heterocycles. The first kappa shape index (κ1) is 17.2. The number of fused-ring (bicyclic) bond motifs is 1. The number of H-pyrrole nitrogens is 2. The van der Waals surface area contributed by atoms with Crippen molar-refractivity contribution in [1.29, 1.82) is 0 Å². The number of benzene rings is 1. The smallest absolute Gasteiger partial charge is 0.313 e. The number of hydrogen-bond acceptors (Lipinski definition) is 4. The lowest BCUT2D eigenvalue weighted by Crippen LogP contribution is -2.50. The molecular weight excluding hydrogens is 327 g/mol. The summed E-state index contributed by atoms with van der Waals surface area (Å²) in [7, 11) is 0. The topological polar surface area (TPSA) is 95.2 Å². The largest absolute Gasteiger partial charge is 0.461 e. The highest BCUT2D eigenvalue weighted by Gasteiger charge is 2.51. The quantitative estimate of drug-likeness (QED) is 0.579. The number of aliphatic hydroxyl groups is 1. The molecular formula is C18H19FN2O4. The third kappa shape index (κ3) is 3.02. The van der Waals surface area contributed by atoms with Crippen LogP contribution in [0.1, 0.15) is 29.7 Å². The summed E-state index contributed by atoms with van der Waals surface area (Å²) in [4.78, 5) is 24.9. The molecule has 0 aliphatic heterocycles. The summed E-state index contributed by atoms with van der Waals surface area (Å²) in [5.74, 6) is -3.04. The van der Waals surface area contributed by atoms with E-state index in [0.717, 1.165) is 0 Å². The number of hydrogen-bond donors (Lipinski definition) is 3. The second-order valence-corrected chi connectivity index (χ2v) is 6.43. The van der Waals surface area contributed by atoms with Crippen LogP contribution < -0.4 is 5.56 Å². The summed E-state index contributed by atoms with van der Waals surface area (Å²) >= 11 is 0. The van der Waals surface area contributed by atoms with Gasteiger partial charge < -0.3 is 14.9 Å². The monoisotopic (exact) mass is 346 g/mol. The number of carbonyl (C=O) groups excluding carboxylic acids is 1. The van der Waals surface area contributed by atoms with E-state index in [9.17, 15) is 19.1 Å². The molecule has 25 heavy (non-hydrogen) atoms. The molecule has 0 fully saturated rings. The fourth-order valence-corrected chi connectivity index (χ4v) is 3.55. The maximum Gasteiger partial charge on any atom is 0.313 e. The Kier molecular flexibility index (Phi) is 4.34. The normalized spacial score (nSPS) is 25.2. The van der Waals surface area contributed by atoms with E-state index in [2.05, 4.69) is 16.8 Å². The van der Waals surface area contributed by atoms with E-state index >= 15 is 0 Å². The summed E-state index contributed by atoms with van der Waals surface area (Å²) in [5, 5.41) is 16.1. The van der Waals surface area contributed by atoms with E-state index in [1.54, 1.807) is 6.07 Å². The molecule has 3 N–H and O–H groups in total. The van der Waals surface area contributed by atoms with Gasteiger partial charge in [0, 0.05) is 23.6 Å². The molecule has 2 aromatic rings. The summed E-state index contributed by atoms with van der Waals surface area (Å²) < 4.78 is 18.9. The Balaban J connectivity index is 2.18. The van der Waals surface area contributed by atoms with Crippen LogP contribution in [0, 0.1) is 11.7 Å². The Labute approximate surface area is 143 Å². The van der Waals surface area contributed by atoms with Gasteiger partial charge in [0.25, 0.3) is 5.56 Å². The lowest BCUT2D eigenvalue weighted by molar-refractivity contribution is -0.158. The first-order valence-electron chi connectivity index (χ1n) is 7.90. The van der Waals surface area contributed by atoms with Gasteiger partial charge in [-0.1, -0.05) is 24.8 Å². The molecule has 3 rings (SSSR count). The van der Waals surface area contributed by atoms with Crippen LogP contribution in [-0.2, 0) is 16.0 Å². The minimum atomic E-state index is -1.48. The molecule has 0 saturated heterocycles. The number of esters is 1. The molecule has 0 radical (unpaired) electrons. The zero-order valence-electron chi connectivity index (χ0n) is 13.7. The minimum Gasteiger partial charge on any atom is -0.461 e. The van der Waals surface area contributed by atoms with Gasteiger partial charge in [0.1, 0.15) is 12.4 Å². The highest BCUT2D eigenvalue weighted by Crippen LogP contribution is 2.44. The molecule has 1 heterocycles. The van der Waals surface area contributed by atoms with Gasteiger partial charge in [-0.05, 0) is 24.6 Å². The number of ether oxygens (including phenoxy) is 1.